The number of amides is 1. The van der Waals surface area contributed by atoms with Crippen molar-refractivity contribution in [3.05, 3.63) is 65.5 Å². The largest absolute Gasteiger partial charge is 0.465 e. The predicted octanol–water partition coefficient (Wildman–Crippen LogP) is 4.78. The van der Waals surface area contributed by atoms with Crippen molar-refractivity contribution in [3.8, 4) is 0 Å². The van der Waals surface area contributed by atoms with Gasteiger partial charge in [-0.1, -0.05) is 38.1 Å². The number of esters is 1. The molecule has 2 aromatic carbocycles. The van der Waals surface area contributed by atoms with Crippen LogP contribution in [0.25, 0.3) is 0 Å². The van der Waals surface area contributed by atoms with Crippen LogP contribution in [-0.2, 0) is 20.7 Å². The Labute approximate surface area is 190 Å². The van der Waals surface area contributed by atoms with Gasteiger partial charge in [-0.05, 0) is 73.7 Å². The Morgan fingerprint density at radius 2 is 1.84 bits per heavy atom. The first-order valence-corrected chi connectivity index (χ1v) is 11.4. The van der Waals surface area contributed by atoms with Gasteiger partial charge in [0.1, 0.15) is 5.82 Å². The molecule has 6 heteroatoms. The number of hydrogen-bond acceptors (Lipinski definition) is 4. The second-order valence-electron chi connectivity index (χ2n) is 8.76. The molecule has 1 amide bonds. The SMILES string of the molecule is CC(C)C(=O)Nc1cccc(C2CCN(CCCOC(=O)Cc3ccc(F)cc3)CC2)c1. The average molecular weight is 441 g/mol. The van der Waals surface area contributed by atoms with Gasteiger partial charge in [-0.15, -0.1) is 0 Å². The number of benzene rings is 2. The lowest BCUT2D eigenvalue weighted by atomic mass is 9.89. The molecule has 0 aromatic heterocycles. The highest BCUT2D eigenvalue weighted by Crippen LogP contribution is 2.29. The smallest absolute Gasteiger partial charge is 0.310 e. The van der Waals surface area contributed by atoms with Crippen LogP contribution in [0.15, 0.2) is 48.5 Å². The summed E-state index contributed by atoms with van der Waals surface area (Å²) in [4.78, 5) is 26.3. The molecule has 3 rings (SSSR count). The van der Waals surface area contributed by atoms with Gasteiger partial charge in [0.15, 0.2) is 0 Å². The topological polar surface area (TPSA) is 58.6 Å². The summed E-state index contributed by atoms with van der Waals surface area (Å²) in [7, 11) is 0. The van der Waals surface area contributed by atoms with E-state index in [1.165, 1.54) is 17.7 Å². The number of hydrogen-bond donors (Lipinski definition) is 1. The van der Waals surface area contributed by atoms with E-state index in [0.29, 0.717) is 12.5 Å². The molecule has 0 unspecified atom stereocenters. The van der Waals surface area contributed by atoms with Crippen LogP contribution >= 0.6 is 0 Å². The van der Waals surface area contributed by atoms with Crippen LogP contribution in [0.5, 0.6) is 0 Å². The Kier molecular flexibility index (Phi) is 8.80. The quantitative estimate of drug-likeness (QED) is 0.451. The van der Waals surface area contributed by atoms with E-state index in [-0.39, 0.29) is 30.0 Å². The summed E-state index contributed by atoms with van der Waals surface area (Å²) in [5.74, 6) is -0.0913. The third-order valence-electron chi connectivity index (χ3n) is 5.88. The molecule has 1 aliphatic heterocycles. The fourth-order valence-electron chi connectivity index (χ4n) is 3.94. The number of ether oxygens (including phenoxy) is 1. The minimum Gasteiger partial charge on any atom is -0.465 e. The molecule has 32 heavy (non-hydrogen) atoms. The van der Waals surface area contributed by atoms with E-state index in [9.17, 15) is 14.0 Å². The summed E-state index contributed by atoms with van der Waals surface area (Å²) in [5, 5.41) is 2.98. The highest BCUT2D eigenvalue weighted by molar-refractivity contribution is 5.92. The van der Waals surface area contributed by atoms with Crippen LogP contribution in [0.1, 0.15) is 50.2 Å². The lowest BCUT2D eigenvalue weighted by molar-refractivity contribution is -0.143. The lowest BCUT2D eigenvalue weighted by Gasteiger charge is -2.32. The lowest BCUT2D eigenvalue weighted by Crippen LogP contribution is -2.34. The summed E-state index contributed by atoms with van der Waals surface area (Å²) >= 11 is 0. The van der Waals surface area contributed by atoms with Gasteiger partial charge in [0.2, 0.25) is 5.91 Å². The molecule has 2 aromatic rings. The molecule has 0 radical (unpaired) electrons. The maximum atomic E-state index is 12.9. The van der Waals surface area contributed by atoms with Gasteiger partial charge in [-0.2, -0.15) is 0 Å². The van der Waals surface area contributed by atoms with E-state index in [0.717, 1.165) is 50.1 Å². The monoisotopic (exact) mass is 440 g/mol. The maximum absolute atomic E-state index is 12.9. The summed E-state index contributed by atoms with van der Waals surface area (Å²) < 4.78 is 18.2. The molecule has 0 atom stereocenters. The molecule has 1 fully saturated rings. The van der Waals surface area contributed by atoms with Gasteiger partial charge >= 0.3 is 5.97 Å². The van der Waals surface area contributed by atoms with Gasteiger partial charge in [0.05, 0.1) is 13.0 Å². The van der Waals surface area contributed by atoms with Crippen LogP contribution < -0.4 is 5.32 Å². The number of nitrogens with one attached hydrogen (secondary N) is 1. The number of piperidine rings is 1. The molecule has 1 saturated heterocycles. The van der Waals surface area contributed by atoms with Crippen molar-refractivity contribution in [1.82, 2.24) is 4.90 Å². The highest BCUT2D eigenvalue weighted by Gasteiger charge is 2.21. The third kappa shape index (κ3) is 7.45. The van der Waals surface area contributed by atoms with Gasteiger partial charge in [0.25, 0.3) is 0 Å². The molecule has 0 saturated carbocycles. The Hall–Kier alpha value is -2.73. The molecular formula is C26H33FN2O3. The molecule has 1 heterocycles. The van der Waals surface area contributed by atoms with E-state index in [2.05, 4.69) is 22.3 Å². The zero-order chi connectivity index (χ0) is 22.9. The van der Waals surface area contributed by atoms with Crippen molar-refractivity contribution in [2.24, 2.45) is 5.92 Å². The standard InChI is InChI=1S/C26H33FN2O3/c1-19(2)26(31)28-24-6-3-5-22(18-24)21-11-14-29(15-12-21)13-4-16-32-25(30)17-20-7-9-23(27)10-8-20/h3,5-10,18-19,21H,4,11-17H2,1-2H3,(H,28,31). The van der Waals surface area contributed by atoms with E-state index in [1.54, 1.807) is 12.1 Å². The maximum Gasteiger partial charge on any atom is 0.310 e. The summed E-state index contributed by atoms with van der Waals surface area (Å²) in [6.07, 6.45) is 3.12. The highest BCUT2D eigenvalue weighted by atomic mass is 19.1. The van der Waals surface area contributed by atoms with Crippen LogP contribution in [0.4, 0.5) is 10.1 Å². The molecule has 0 bridgehead atoms. The predicted molar refractivity (Wildman–Crippen MR) is 124 cm³/mol. The van der Waals surface area contributed by atoms with Crippen molar-refractivity contribution in [2.75, 3.05) is 31.6 Å². The fourth-order valence-corrected chi connectivity index (χ4v) is 3.94. The van der Waals surface area contributed by atoms with Crippen molar-refractivity contribution in [1.29, 1.82) is 0 Å². The molecule has 0 aliphatic carbocycles. The van der Waals surface area contributed by atoms with Gasteiger partial charge in [-0.25, -0.2) is 4.39 Å². The van der Waals surface area contributed by atoms with Crippen LogP contribution in [0, 0.1) is 11.7 Å². The Balaban J connectivity index is 1.35. The second-order valence-corrected chi connectivity index (χ2v) is 8.76. The van der Waals surface area contributed by atoms with E-state index in [1.807, 2.05) is 26.0 Å². The number of nitrogens with zero attached hydrogens (tertiary/aromatic N) is 1. The zero-order valence-electron chi connectivity index (χ0n) is 19.0. The van der Waals surface area contributed by atoms with Crippen LogP contribution in [0.3, 0.4) is 0 Å². The summed E-state index contributed by atoms with van der Waals surface area (Å²) in [6, 6.07) is 14.1. The van der Waals surface area contributed by atoms with Crippen molar-refractivity contribution < 1.29 is 18.7 Å². The number of carbonyl (C=O) groups is 2. The van der Waals surface area contributed by atoms with Gasteiger partial charge in [0, 0.05) is 18.2 Å². The summed E-state index contributed by atoms with van der Waals surface area (Å²) in [6.45, 7) is 7.11. The number of halogens is 1. The number of anilines is 1. The number of carbonyl (C=O) groups excluding carboxylic acids is 2. The fraction of sp³-hybridized carbons (Fsp3) is 0.462. The Morgan fingerprint density at radius 3 is 2.53 bits per heavy atom. The molecule has 172 valence electrons. The normalized spacial score (nSPS) is 15.0. The molecule has 1 N–H and O–H groups in total. The minimum absolute atomic E-state index is 0.0373. The molecule has 5 nitrogen and oxygen atoms in total. The summed E-state index contributed by atoms with van der Waals surface area (Å²) in [5.41, 5.74) is 2.90. The van der Waals surface area contributed by atoms with E-state index < -0.39 is 0 Å². The van der Waals surface area contributed by atoms with Crippen molar-refractivity contribution in [2.45, 2.75) is 45.4 Å². The Morgan fingerprint density at radius 1 is 1.12 bits per heavy atom. The number of rotatable bonds is 9. The van der Waals surface area contributed by atoms with Crippen LogP contribution in [-0.4, -0.2) is 43.0 Å². The zero-order valence-corrected chi connectivity index (χ0v) is 19.0. The molecule has 0 spiro atoms. The first-order chi connectivity index (χ1) is 15.4. The van der Waals surface area contributed by atoms with Gasteiger partial charge in [-0.3, -0.25) is 9.59 Å². The van der Waals surface area contributed by atoms with E-state index >= 15 is 0 Å². The van der Waals surface area contributed by atoms with Gasteiger partial charge < -0.3 is 15.0 Å². The third-order valence-corrected chi connectivity index (χ3v) is 5.88. The van der Waals surface area contributed by atoms with E-state index in [4.69, 9.17) is 4.74 Å². The molecular weight excluding hydrogens is 407 g/mol. The number of likely N-dealkylation sites (tertiary alicyclic amines) is 1. The Bertz CT molecular complexity index is 890. The van der Waals surface area contributed by atoms with Crippen molar-refractivity contribution >= 4 is 17.6 Å². The van der Waals surface area contributed by atoms with Crippen LogP contribution in [0.2, 0.25) is 0 Å². The second kappa shape index (κ2) is 11.8. The minimum atomic E-state index is -0.309. The molecule has 1 aliphatic rings. The first kappa shape index (κ1) is 23.9. The first-order valence-electron chi connectivity index (χ1n) is 11.4. The average Bonchev–Trinajstić information content (AvgIpc) is 2.79. The van der Waals surface area contributed by atoms with Crippen molar-refractivity contribution in [3.63, 3.8) is 0 Å².